The first kappa shape index (κ1) is 25.2. The number of ether oxygens (including phenoxy) is 2. The molecule has 2 N–H and O–H groups in total. The molecule has 0 saturated carbocycles. The minimum atomic E-state index is -1.11. The molecule has 2 fully saturated rings. The number of amides is 2. The average Bonchev–Trinajstić information content (AvgIpc) is 3.27. The number of carbonyl (C=O) groups excluding carboxylic acids is 1. The second-order valence-corrected chi connectivity index (χ2v) is 9.71. The average molecular weight is 546 g/mol. The predicted octanol–water partition coefficient (Wildman–Crippen LogP) is 4.39. The molecule has 3 aromatic rings. The molecule has 1 aromatic heterocycles. The number of fused-ring (bicyclic) bond motifs is 1. The van der Waals surface area contributed by atoms with E-state index in [1.165, 1.54) is 19.1 Å². The standard InChI is InChI=1S/C25H25Cl2N5O5/c1-36-18-10-19(37-2)22(27)20(21(18)26)13-4-5-16-14(8-13)11-28-24(30-16)29-15-9-17(32(12-15)25(34)35)23(33)31-6-3-7-31/h4-5,8,10-11,15,17H,3,6-7,9,12H2,1-2H3,(H,34,35)(H,28,29,30)/t15-,17-/m0/s1. The van der Waals surface area contributed by atoms with Gasteiger partial charge in [-0.05, 0) is 30.5 Å². The van der Waals surface area contributed by atoms with Crippen LogP contribution >= 0.6 is 23.2 Å². The number of anilines is 1. The Bertz CT molecular complexity index is 1360. The Labute approximate surface area is 223 Å². The highest BCUT2D eigenvalue weighted by molar-refractivity contribution is 6.41. The number of methoxy groups -OCH3 is 2. The number of nitrogens with zero attached hydrogens (tertiary/aromatic N) is 4. The zero-order valence-corrected chi connectivity index (χ0v) is 21.7. The Hall–Kier alpha value is -3.50. The predicted molar refractivity (Wildman–Crippen MR) is 140 cm³/mol. The van der Waals surface area contributed by atoms with Crippen molar-refractivity contribution >= 4 is 52.1 Å². The van der Waals surface area contributed by atoms with Gasteiger partial charge in [-0.15, -0.1) is 0 Å². The molecule has 2 atom stereocenters. The number of benzene rings is 2. The van der Waals surface area contributed by atoms with Crippen LogP contribution in [0.25, 0.3) is 22.0 Å². The van der Waals surface area contributed by atoms with Crippen LogP contribution in [0, 0.1) is 0 Å². The van der Waals surface area contributed by atoms with Crippen LogP contribution in [0.15, 0.2) is 30.5 Å². The maximum atomic E-state index is 12.7. The Morgan fingerprint density at radius 2 is 1.81 bits per heavy atom. The lowest BCUT2D eigenvalue weighted by Gasteiger charge is -2.34. The fourth-order valence-electron chi connectivity index (χ4n) is 4.71. The van der Waals surface area contributed by atoms with Crippen LogP contribution in [0.4, 0.5) is 10.7 Å². The van der Waals surface area contributed by atoms with Gasteiger partial charge < -0.3 is 24.8 Å². The van der Waals surface area contributed by atoms with Crippen molar-refractivity contribution in [2.45, 2.75) is 24.9 Å². The van der Waals surface area contributed by atoms with E-state index in [1.54, 1.807) is 17.2 Å². The minimum absolute atomic E-state index is 0.142. The lowest BCUT2D eigenvalue weighted by Crippen LogP contribution is -2.52. The normalized spacial score (nSPS) is 19.0. The van der Waals surface area contributed by atoms with E-state index in [4.69, 9.17) is 32.7 Å². The second kappa shape index (κ2) is 10.1. The van der Waals surface area contributed by atoms with E-state index in [0.29, 0.717) is 58.1 Å². The Balaban J connectivity index is 1.39. The van der Waals surface area contributed by atoms with Crippen LogP contribution in [0.3, 0.4) is 0 Å². The molecule has 0 spiro atoms. The summed E-state index contributed by atoms with van der Waals surface area (Å²) < 4.78 is 10.7. The van der Waals surface area contributed by atoms with E-state index in [0.717, 1.165) is 17.4 Å². The van der Waals surface area contributed by atoms with E-state index in [2.05, 4.69) is 15.3 Å². The SMILES string of the molecule is COc1cc(OC)c(Cl)c(-c2ccc3nc(N[C@H]4C[C@@H](C(=O)N5CCC5)N(C(=O)O)C4)ncc3c2)c1Cl. The van der Waals surface area contributed by atoms with Gasteiger partial charge in [-0.1, -0.05) is 29.3 Å². The number of aromatic nitrogens is 2. The molecule has 2 aliphatic heterocycles. The van der Waals surface area contributed by atoms with Gasteiger partial charge in [0.05, 0.1) is 29.8 Å². The van der Waals surface area contributed by atoms with Gasteiger partial charge in [0.2, 0.25) is 11.9 Å². The van der Waals surface area contributed by atoms with E-state index < -0.39 is 12.1 Å². The number of hydrogen-bond acceptors (Lipinski definition) is 7. The van der Waals surface area contributed by atoms with Gasteiger partial charge in [0.1, 0.15) is 17.5 Å². The monoisotopic (exact) mass is 545 g/mol. The van der Waals surface area contributed by atoms with Crippen LogP contribution in [-0.2, 0) is 4.79 Å². The molecule has 0 unspecified atom stereocenters. The van der Waals surface area contributed by atoms with E-state index >= 15 is 0 Å². The summed E-state index contributed by atoms with van der Waals surface area (Å²) in [7, 11) is 3.04. The number of carboxylic acid groups (broad SMARTS) is 1. The Kier molecular flexibility index (Phi) is 6.87. The summed E-state index contributed by atoms with van der Waals surface area (Å²) in [6.45, 7) is 1.53. The summed E-state index contributed by atoms with van der Waals surface area (Å²) >= 11 is 13.1. The van der Waals surface area contributed by atoms with Crippen LogP contribution < -0.4 is 14.8 Å². The lowest BCUT2D eigenvalue weighted by molar-refractivity contribution is -0.138. The van der Waals surface area contributed by atoms with Crippen molar-refractivity contribution in [2.75, 3.05) is 39.2 Å². The Morgan fingerprint density at radius 3 is 2.41 bits per heavy atom. The van der Waals surface area contributed by atoms with Crippen LogP contribution in [-0.4, -0.2) is 82.8 Å². The number of hydrogen-bond donors (Lipinski definition) is 2. The van der Waals surface area contributed by atoms with Gasteiger partial charge >= 0.3 is 6.09 Å². The summed E-state index contributed by atoms with van der Waals surface area (Å²) in [4.78, 5) is 36.4. The van der Waals surface area contributed by atoms with E-state index in [9.17, 15) is 14.7 Å². The minimum Gasteiger partial charge on any atom is -0.495 e. The highest BCUT2D eigenvalue weighted by Crippen LogP contribution is 2.46. The van der Waals surface area contributed by atoms with Gasteiger partial charge in [-0.3, -0.25) is 9.69 Å². The fourth-order valence-corrected chi connectivity index (χ4v) is 5.43. The van der Waals surface area contributed by atoms with Gasteiger partial charge in [-0.2, -0.15) is 0 Å². The van der Waals surface area contributed by atoms with Crippen molar-refractivity contribution in [1.29, 1.82) is 0 Å². The smallest absolute Gasteiger partial charge is 0.408 e. The largest absolute Gasteiger partial charge is 0.495 e. The lowest BCUT2D eigenvalue weighted by atomic mass is 10.0. The molecule has 3 heterocycles. The third-order valence-electron chi connectivity index (χ3n) is 6.77. The molecular formula is C25H25Cl2N5O5. The number of carbonyl (C=O) groups is 2. The molecule has 0 aliphatic carbocycles. The molecule has 12 heteroatoms. The molecule has 10 nitrogen and oxygen atoms in total. The fraction of sp³-hybridized carbons (Fsp3) is 0.360. The molecule has 0 bridgehead atoms. The van der Waals surface area contributed by atoms with E-state index in [-0.39, 0.29) is 18.5 Å². The van der Waals surface area contributed by atoms with Crippen molar-refractivity contribution in [3.8, 4) is 22.6 Å². The third kappa shape index (κ3) is 4.67. The van der Waals surface area contributed by atoms with Gasteiger partial charge in [0.25, 0.3) is 0 Å². The molecule has 194 valence electrons. The number of nitrogens with one attached hydrogen (secondary N) is 1. The first-order valence-corrected chi connectivity index (χ1v) is 12.5. The maximum absolute atomic E-state index is 12.7. The first-order chi connectivity index (χ1) is 17.8. The van der Waals surface area contributed by atoms with Gasteiger partial charge in [0, 0.05) is 48.9 Å². The molecule has 2 aliphatic rings. The quantitative estimate of drug-likeness (QED) is 0.468. The maximum Gasteiger partial charge on any atom is 0.408 e. The highest BCUT2D eigenvalue weighted by atomic mass is 35.5. The Morgan fingerprint density at radius 1 is 1.11 bits per heavy atom. The molecule has 0 radical (unpaired) electrons. The number of halogens is 2. The van der Waals surface area contributed by atoms with E-state index in [1.807, 2.05) is 18.2 Å². The number of rotatable bonds is 6. The zero-order chi connectivity index (χ0) is 26.3. The molecule has 2 aromatic carbocycles. The summed E-state index contributed by atoms with van der Waals surface area (Å²) in [6.07, 6.45) is 1.86. The van der Waals surface area contributed by atoms with Gasteiger partial charge in [-0.25, -0.2) is 14.8 Å². The number of likely N-dealkylation sites (tertiary alicyclic amines) is 2. The summed E-state index contributed by atoms with van der Waals surface area (Å²) in [5, 5.41) is 14.3. The summed E-state index contributed by atoms with van der Waals surface area (Å²) in [5.41, 5.74) is 1.98. The first-order valence-electron chi connectivity index (χ1n) is 11.7. The van der Waals surface area contributed by atoms with Crippen LogP contribution in [0.1, 0.15) is 12.8 Å². The zero-order valence-electron chi connectivity index (χ0n) is 20.2. The molecule has 2 amide bonds. The highest BCUT2D eigenvalue weighted by Gasteiger charge is 2.42. The summed E-state index contributed by atoms with van der Waals surface area (Å²) in [5.74, 6) is 1.08. The molecule has 2 saturated heterocycles. The van der Waals surface area contributed by atoms with Crippen molar-refractivity contribution < 1.29 is 24.2 Å². The second-order valence-electron chi connectivity index (χ2n) is 8.96. The van der Waals surface area contributed by atoms with Crippen LogP contribution in [0.5, 0.6) is 11.5 Å². The van der Waals surface area contributed by atoms with Crippen molar-refractivity contribution in [3.63, 3.8) is 0 Å². The molecular weight excluding hydrogens is 521 g/mol. The third-order valence-corrected chi connectivity index (χ3v) is 7.53. The topological polar surface area (TPSA) is 117 Å². The van der Waals surface area contributed by atoms with Gasteiger partial charge in [0.15, 0.2) is 0 Å². The summed E-state index contributed by atoms with van der Waals surface area (Å²) in [6, 6.07) is 6.18. The van der Waals surface area contributed by atoms with Crippen molar-refractivity contribution in [1.82, 2.24) is 19.8 Å². The molecule has 5 rings (SSSR count). The van der Waals surface area contributed by atoms with Crippen LogP contribution in [0.2, 0.25) is 10.0 Å². The van der Waals surface area contributed by atoms with Crippen molar-refractivity contribution in [2.24, 2.45) is 0 Å². The van der Waals surface area contributed by atoms with Crippen molar-refractivity contribution in [3.05, 3.63) is 40.5 Å². The molecule has 37 heavy (non-hydrogen) atoms.